The minimum Gasteiger partial charge on any atom is -0.480 e. The molecule has 1 atom stereocenters. The highest BCUT2D eigenvalue weighted by atomic mass is 16.4. The first-order chi connectivity index (χ1) is 13.6. The SMILES string of the molecule is O=C(NCC1c2ccccc2-c2ccccc21)N[C@@H](C(=O)O)C1CCCCC1. The number of rotatable bonds is 5. The molecule has 0 heterocycles. The van der Waals surface area contributed by atoms with Gasteiger partial charge in [-0.1, -0.05) is 67.8 Å². The van der Waals surface area contributed by atoms with Crippen molar-refractivity contribution in [3.63, 3.8) is 0 Å². The van der Waals surface area contributed by atoms with E-state index in [-0.39, 0.29) is 11.8 Å². The van der Waals surface area contributed by atoms with E-state index in [4.69, 9.17) is 0 Å². The lowest BCUT2D eigenvalue weighted by atomic mass is 9.84. The maximum absolute atomic E-state index is 12.5. The van der Waals surface area contributed by atoms with Crippen LogP contribution in [0.1, 0.15) is 49.1 Å². The molecular weight excluding hydrogens is 352 g/mol. The van der Waals surface area contributed by atoms with E-state index >= 15 is 0 Å². The maximum Gasteiger partial charge on any atom is 0.326 e. The van der Waals surface area contributed by atoms with Gasteiger partial charge in [0.25, 0.3) is 0 Å². The molecular formula is C23H26N2O3. The second-order valence-electron chi connectivity index (χ2n) is 7.80. The van der Waals surface area contributed by atoms with E-state index in [1.807, 2.05) is 24.3 Å². The van der Waals surface area contributed by atoms with Gasteiger partial charge in [-0.3, -0.25) is 0 Å². The number of benzene rings is 2. The molecule has 2 aromatic rings. The Balaban J connectivity index is 1.44. The lowest BCUT2D eigenvalue weighted by Gasteiger charge is -2.28. The van der Waals surface area contributed by atoms with Gasteiger partial charge in [-0.25, -0.2) is 9.59 Å². The van der Waals surface area contributed by atoms with Crippen molar-refractivity contribution in [1.82, 2.24) is 10.6 Å². The van der Waals surface area contributed by atoms with Gasteiger partial charge in [0.05, 0.1) is 0 Å². The number of carboxylic acid groups (broad SMARTS) is 1. The van der Waals surface area contributed by atoms with Crippen molar-refractivity contribution in [3.8, 4) is 11.1 Å². The Bertz CT molecular complexity index is 828. The first-order valence-corrected chi connectivity index (χ1v) is 10.1. The maximum atomic E-state index is 12.5. The summed E-state index contributed by atoms with van der Waals surface area (Å²) >= 11 is 0. The van der Waals surface area contributed by atoms with Crippen molar-refractivity contribution in [1.29, 1.82) is 0 Å². The van der Waals surface area contributed by atoms with Crippen molar-refractivity contribution in [2.45, 2.75) is 44.1 Å². The molecule has 0 aromatic heterocycles. The summed E-state index contributed by atoms with van der Waals surface area (Å²) in [6.45, 7) is 0.441. The molecule has 2 aliphatic rings. The quantitative estimate of drug-likeness (QED) is 0.732. The lowest BCUT2D eigenvalue weighted by molar-refractivity contribution is -0.141. The molecule has 0 unspecified atom stereocenters. The van der Waals surface area contributed by atoms with Crippen LogP contribution in [-0.2, 0) is 4.79 Å². The molecule has 2 aromatic carbocycles. The molecule has 0 radical (unpaired) electrons. The van der Waals surface area contributed by atoms with E-state index in [1.54, 1.807) is 0 Å². The topological polar surface area (TPSA) is 78.4 Å². The van der Waals surface area contributed by atoms with Crippen molar-refractivity contribution < 1.29 is 14.7 Å². The molecule has 4 rings (SSSR count). The van der Waals surface area contributed by atoms with Crippen molar-refractivity contribution in [2.75, 3.05) is 6.54 Å². The van der Waals surface area contributed by atoms with Crippen LogP contribution in [-0.4, -0.2) is 29.7 Å². The van der Waals surface area contributed by atoms with Crippen molar-refractivity contribution >= 4 is 12.0 Å². The number of carboxylic acids is 1. The van der Waals surface area contributed by atoms with E-state index in [0.717, 1.165) is 32.1 Å². The summed E-state index contributed by atoms with van der Waals surface area (Å²) in [5, 5.41) is 15.2. The monoisotopic (exact) mass is 378 g/mol. The summed E-state index contributed by atoms with van der Waals surface area (Å²) in [6, 6.07) is 15.3. The summed E-state index contributed by atoms with van der Waals surface area (Å²) in [6.07, 6.45) is 4.94. The number of hydrogen-bond donors (Lipinski definition) is 3. The van der Waals surface area contributed by atoms with Crippen molar-refractivity contribution in [3.05, 3.63) is 59.7 Å². The second kappa shape index (κ2) is 8.05. The van der Waals surface area contributed by atoms with Crippen LogP contribution in [0.3, 0.4) is 0 Å². The minimum absolute atomic E-state index is 0.0185. The summed E-state index contributed by atoms with van der Waals surface area (Å²) in [7, 11) is 0. The number of amides is 2. The zero-order chi connectivity index (χ0) is 19.5. The van der Waals surface area contributed by atoms with Crippen LogP contribution >= 0.6 is 0 Å². The molecule has 28 heavy (non-hydrogen) atoms. The van der Waals surface area contributed by atoms with E-state index in [9.17, 15) is 14.7 Å². The Hall–Kier alpha value is -2.82. The van der Waals surface area contributed by atoms with Crippen LogP contribution in [0, 0.1) is 5.92 Å². The Kier molecular flexibility index (Phi) is 5.33. The Morgan fingerprint density at radius 1 is 0.929 bits per heavy atom. The van der Waals surface area contributed by atoms with Crippen LogP contribution in [0.5, 0.6) is 0 Å². The van der Waals surface area contributed by atoms with Crippen LogP contribution in [0.2, 0.25) is 0 Å². The number of hydrogen-bond acceptors (Lipinski definition) is 2. The van der Waals surface area contributed by atoms with Gasteiger partial charge in [0.1, 0.15) is 6.04 Å². The second-order valence-corrected chi connectivity index (χ2v) is 7.80. The number of aliphatic carboxylic acids is 1. The number of carbonyl (C=O) groups is 2. The van der Waals surface area contributed by atoms with Gasteiger partial charge in [-0.05, 0) is 41.0 Å². The molecule has 0 saturated heterocycles. The van der Waals surface area contributed by atoms with E-state index < -0.39 is 18.0 Å². The minimum atomic E-state index is -0.946. The summed E-state index contributed by atoms with van der Waals surface area (Å²) in [5.41, 5.74) is 4.81. The Morgan fingerprint density at radius 2 is 1.50 bits per heavy atom. The molecule has 5 heteroatoms. The lowest BCUT2D eigenvalue weighted by Crippen LogP contribution is -2.50. The van der Waals surface area contributed by atoms with E-state index in [1.165, 1.54) is 22.3 Å². The van der Waals surface area contributed by atoms with Gasteiger partial charge in [-0.2, -0.15) is 0 Å². The molecule has 1 fully saturated rings. The first kappa shape index (κ1) is 18.5. The van der Waals surface area contributed by atoms with Crippen LogP contribution < -0.4 is 10.6 Å². The fourth-order valence-electron chi connectivity index (χ4n) is 4.72. The fraction of sp³-hybridized carbons (Fsp3) is 0.391. The molecule has 3 N–H and O–H groups in total. The van der Waals surface area contributed by atoms with Gasteiger partial charge in [0, 0.05) is 12.5 Å². The molecule has 146 valence electrons. The van der Waals surface area contributed by atoms with Gasteiger partial charge in [0.2, 0.25) is 0 Å². The number of fused-ring (bicyclic) bond motifs is 3. The van der Waals surface area contributed by atoms with Crippen LogP contribution in [0.15, 0.2) is 48.5 Å². The standard InChI is InChI=1S/C23H26N2O3/c26-22(27)21(15-8-2-1-3-9-15)25-23(28)24-14-20-18-12-6-4-10-16(18)17-11-5-7-13-19(17)20/h4-7,10-13,15,20-21H,1-3,8-9,14H2,(H,26,27)(H2,24,25,28)/t21-/m1/s1. The average Bonchev–Trinajstić information content (AvgIpc) is 3.05. The van der Waals surface area contributed by atoms with E-state index in [2.05, 4.69) is 34.9 Å². The summed E-state index contributed by atoms with van der Waals surface area (Å²) in [4.78, 5) is 24.2. The predicted molar refractivity (Wildman–Crippen MR) is 108 cm³/mol. The van der Waals surface area contributed by atoms with Crippen molar-refractivity contribution in [2.24, 2.45) is 5.92 Å². The first-order valence-electron chi connectivity index (χ1n) is 10.1. The zero-order valence-corrected chi connectivity index (χ0v) is 15.9. The molecule has 2 amide bonds. The number of carbonyl (C=O) groups excluding carboxylic acids is 1. The molecule has 0 aliphatic heterocycles. The third-order valence-corrected chi connectivity index (χ3v) is 6.10. The van der Waals surface area contributed by atoms with Gasteiger partial charge >= 0.3 is 12.0 Å². The highest BCUT2D eigenvalue weighted by Crippen LogP contribution is 2.44. The smallest absolute Gasteiger partial charge is 0.326 e. The van der Waals surface area contributed by atoms with Gasteiger partial charge in [-0.15, -0.1) is 0 Å². The highest BCUT2D eigenvalue weighted by Gasteiger charge is 2.32. The number of urea groups is 1. The molecule has 5 nitrogen and oxygen atoms in total. The highest BCUT2D eigenvalue weighted by molar-refractivity contribution is 5.83. The van der Waals surface area contributed by atoms with Crippen LogP contribution in [0.25, 0.3) is 11.1 Å². The van der Waals surface area contributed by atoms with Gasteiger partial charge in [0.15, 0.2) is 0 Å². The van der Waals surface area contributed by atoms with Crippen LogP contribution in [0.4, 0.5) is 4.79 Å². The third-order valence-electron chi connectivity index (χ3n) is 6.10. The molecule has 0 spiro atoms. The summed E-state index contributed by atoms with van der Waals surface area (Å²) < 4.78 is 0. The van der Waals surface area contributed by atoms with E-state index in [0.29, 0.717) is 6.54 Å². The molecule has 1 saturated carbocycles. The normalized spacial score (nSPS) is 17.4. The predicted octanol–water partition coefficient (Wildman–Crippen LogP) is 4.13. The average molecular weight is 378 g/mol. The Morgan fingerprint density at radius 3 is 2.07 bits per heavy atom. The zero-order valence-electron chi connectivity index (χ0n) is 15.9. The number of nitrogens with one attached hydrogen (secondary N) is 2. The fourth-order valence-corrected chi connectivity index (χ4v) is 4.72. The molecule has 0 bridgehead atoms. The Labute approximate surface area is 165 Å². The third kappa shape index (κ3) is 3.61. The largest absolute Gasteiger partial charge is 0.480 e. The molecule has 2 aliphatic carbocycles. The summed E-state index contributed by atoms with van der Waals surface area (Å²) in [5.74, 6) is -0.848. The van der Waals surface area contributed by atoms with Gasteiger partial charge < -0.3 is 15.7 Å².